The predicted octanol–water partition coefficient (Wildman–Crippen LogP) is 7.05. The summed E-state index contributed by atoms with van der Waals surface area (Å²) in [6, 6.07) is -1.19. The third-order valence-corrected chi connectivity index (χ3v) is 16.9. The standard InChI is InChI=1S/C56H90NO17P/c1-35-17-13-12-14-18-36(2)47(67-8)33-43-22-20-41(7)56(65,73-43)53(62)54(63)57-24-16-15-19-44(57)55(64)72-48(34-45(59)37(3)30-40(6)51(61)52(69-10)50(60)39(5)29-35)38(4)31-42-21-23-46(49(32-42)68-9)74-75(11,66)71-28-27-70-26-25-58/h12-14,17-18,30,35,37-39,41-44,46-49,51-52,58,61,65H,15-16,19-29,31-34H2,1-11H3/b14-12?,17-13+,36-18?,40-30+/t35-,37-,38-,39-,41-,42?,43+,44?,46-,47+,48?,49-,51-,52+,56-,75?/m1/s1. The van der Waals surface area contributed by atoms with Gasteiger partial charge in [-0.2, -0.15) is 0 Å². The molecular formula is C56H90NO17P. The van der Waals surface area contributed by atoms with Crippen molar-refractivity contribution in [3.63, 3.8) is 0 Å². The largest absolute Gasteiger partial charge is 0.460 e. The van der Waals surface area contributed by atoms with Crippen molar-refractivity contribution in [2.24, 2.45) is 35.5 Å². The number of rotatable bonds is 14. The van der Waals surface area contributed by atoms with Crippen LogP contribution in [0.3, 0.4) is 0 Å². The maximum atomic E-state index is 14.6. The lowest BCUT2D eigenvalue weighted by molar-refractivity contribution is -0.265. The highest BCUT2D eigenvalue weighted by atomic mass is 31.2. The van der Waals surface area contributed by atoms with E-state index in [-0.39, 0.29) is 69.2 Å². The van der Waals surface area contributed by atoms with E-state index in [2.05, 4.69) is 0 Å². The molecule has 426 valence electrons. The van der Waals surface area contributed by atoms with Crippen LogP contribution in [0.25, 0.3) is 0 Å². The minimum absolute atomic E-state index is 0.000234. The van der Waals surface area contributed by atoms with E-state index in [9.17, 15) is 38.8 Å². The van der Waals surface area contributed by atoms with Crippen LogP contribution in [0, 0.1) is 35.5 Å². The van der Waals surface area contributed by atoms with Gasteiger partial charge in [-0.3, -0.25) is 23.7 Å². The number of ether oxygens (including phenoxy) is 6. The number of allylic oxidation sites excluding steroid dienone is 6. The normalized spacial score (nSPS) is 36.4. The molecule has 1 aliphatic carbocycles. The second kappa shape index (κ2) is 30.8. The number of methoxy groups -OCH3 is 3. The quantitative estimate of drug-likeness (QED) is 0.0519. The van der Waals surface area contributed by atoms with Crippen molar-refractivity contribution < 1.29 is 81.3 Å². The minimum atomic E-state index is -3.51. The molecular weight excluding hydrogens is 990 g/mol. The number of aliphatic hydroxyl groups is 3. The summed E-state index contributed by atoms with van der Waals surface area (Å²) in [6.45, 7) is 14.1. The van der Waals surface area contributed by atoms with Crippen molar-refractivity contribution in [1.29, 1.82) is 0 Å². The molecule has 1 saturated carbocycles. The van der Waals surface area contributed by atoms with Gasteiger partial charge in [0.2, 0.25) is 5.79 Å². The number of aliphatic hydroxyl groups excluding tert-OH is 2. The summed E-state index contributed by atoms with van der Waals surface area (Å²) in [5, 5.41) is 32.5. The number of esters is 1. The van der Waals surface area contributed by atoms with E-state index in [0.717, 1.165) is 5.57 Å². The van der Waals surface area contributed by atoms with Gasteiger partial charge < -0.3 is 57.7 Å². The number of fused-ring (bicyclic) bond motifs is 3. The monoisotopic (exact) mass is 1080 g/mol. The highest BCUT2D eigenvalue weighted by Gasteiger charge is 2.53. The van der Waals surface area contributed by atoms with Crippen molar-refractivity contribution in [1.82, 2.24) is 4.90 Å². The number of Topliss-reactive ketones (excluding diaryl/α,β-unsaturated/α-hetero) is 3. The first-order valence-electron chi connectivity index (χ1n) is 27.1. The summed E-state index contributed by atoms with van der Waals surface area (Å²) in [5.74, 6) is -8.47. The number of piperidine rings is 1. The van der Waals surface area contributed by atoms with Crippen LogP contribution in [-0.4, -0.2) is 165 Å². The Morgan fingerprint density at radius 3 is 2.27 bits per heavy atom. The second-order valence-corrected chi connectivity index (χ2v) is 23.6. The molecule has 2 saturated heterocycles. The lowest BCUT2D eigenvalue weighted by Gasteiger charge is -2.42. The van der Waals surface area contributed by atoms with Gasteiger partial charge in [-0.05, 0) is 107 Å². The summed E-state index contributed by atoms with van der Waals surface area (Å²) in [4.78, 5) is 72.6. The fourth-order valence-electron chi connectivity index (χ4n) is 10.9. The second-order valence-electron chi connectivity index (χ2n) is 21.6. The number of cyclic esters (lactones) is 1. The van der Waals surface area contributed by atoms with Crippen LogP contribution in [-0.2, 0) is 66.0 Å². The molecule has 3 N–H and O–H groups in total. The van der Waals surface area contributed by atoms with Gasteiger partial charge in [0, 0.05) is 65.1 Å². The number of carbonyl (C=O) groups excluding carboxylic acids is 5. The minimum Gasteiger partial charge on any atom is -0.460 e. The van der Waals surface area contributed by atoms with Crippen LogP contribution < -0.4 is 0 Å². The van der Waals surface area contributed by atoms with Gasteiger partial charge in [0.05, 0.1) is 50.8 Å². The van der Waals surface area contributed by atoms with E-state index < -0.39 is 103 Å². The molecule has 0 aromatic rings. The number of hydrogen-bond donors (Lipinski definition) is 3. The Morgan fingerprint density at radius 1 is 0.853 bits per heavy atom. The Hall–Kier alpha value is -3.26. The molecule has 19 heteroatoms. The van der Waals surface area contributed by atoms with Crippen LogP contribution >= 0.6 is 7.60 Å². The zero-order valence-corrected chi connectivity index (χ0v) is 47.4. The lowest BCUT2D eigenvalue weighted by Crippen LogP contribution is -2.61. The van der Waals surface area contributed by atoms with E-state index in [4.69, 9.17) is 42.6 Å². The number of nitrogens with zero attached hydrogens (tertiary/aromatic N) is 1. The fraction of sp³-hybridized carbons (Fsp3) is 0.768. The van der Waals surface area contributed by atoms with Gasteiger partial charge in [-0.25, -0.2) is 4.79 Å². The third kappa shape index (κ3) is 18.7. The Bertz CT molecular complexity index is 2060. The molecule has 1 amide bonds. The first kappa shape index (κ1) is 64.3. The Morgan fingerprint density at radius 2 is 1.59 bits per heavy atom. The van der Waals surface area contributed by atoms with Gasteiger partial charge in [-0.1, -0.05) is 71.1 Å². The van der Waals surface area contributed by atoms with Gasteiger partial charge in [0.25, 0.3) is 11.7 Å². The molecule has 0 aromatic heterocycles. The summed E-state index contributed by atoms with van der Waals surface area (Å²) in [7, 11) is 0.977. The van der Waals surface area contributed by atoms with Crippen LogP contribution in [0.15, 0.2) is 47.6 Å². The number of amides is 1. The van der Waals surface area contributed by atoms with Crippen molar-refractivity contribution in [2.75, 3.05) is 61.0 Å². The van der Waals surface area contributed by atoms with Crippen molar-refractivity contribution >= 4 is 36.8 Å². The number of carbonyl (C=O) groups is 5. The van der Waals surface area contributed by atoms with E-state index >= 15 is 0 Å². The summed E-state index contributed by atoms with van der Waals surface area (Å²) in [6.07, 6.45) is 10.3. The first-order chi connectivity index (χ1) is 35.5. The van der Waals surface area contributed by atoms with Crippen LogP contribution in [0.5, 0.6) is 0 Å². The Balaban J connectivity index is 1.66. The molecule has 3 heterocycles. The summed E-state index contributed by atoms with van der Waals surface area (Å²) >= 11 is 0. The smallest absolute Gasteiger partial charge is 0.329 e. The molecule has 4 aliphatic rings. The van der Waals surface area contributed by atoms with E-state index in [0.29, 0.717) is 69.8 Å². The molecule has 3 fully saturated rings. The predicted molar refractivity (Wildman–Crippen MR) is 281 cm³/mol. The highest BCUT2D eigenvalue weighted by molar-refractivity contribution is 7.53. The van der Waals surface area contributed by atoms with Crippen LogP contribution in [0.2, 0.25) is 0 Å². The summed E-state index contributed by atoms with van der Waals surface area (Å²) in [5.41, 5.74) is 1.22. The SMILES string of the molecule is CO[C@H]1C[C@@H]2CC[C@@H](C)[C@@](O)(O2)C(=O)C(=O)N2CCCCC2C(=O)OC([C@H](C)CC2CC[C@@H](OP(C)(=O)OCCOCCO)[C@H](OC)C2)CC(=O)[C@H](C)/C=C(\C)[C@@H](O)[C@@H](OC)C(=O)[C@H](C)C[C@H](C)/C=C/C=CC=C1C. The average molecular weight is 1080 g/mol. The van der Waals surface area contributed by atoms with E-state index in [1.165, 1.54) is 18.7 Å². The van der Waals surface area contributed by atoms with Crippen molar-refractivity contribution in [3.05, 3.63) is 47.6 Å². The summed E-state index contributed by atoms with van der Waals surface area (Å²) < 4.78 is 59.8. The molecule has 16 atom stereocenters. The molecule has 0 radical (unpaired) electrons. The number of ketones is 3. The van der Waals surface area contributed by atoms with Gasteiger partial charge in [0.1, 0.15) is 30.1 Å². The molecule has 4 unspecified atom stereocenters. The van der Waals surface area contributed by atoms with E-state index in [1.807, 2.05) is 51.2 Å². The third-order valence-electron chi connectivity index (χ3n) is 15.6. The highest BCUT2D eigenvalue weighted by Crippen LogP contribution is 2.48. The first-order valence-corrected chi connectivity index (χ1v) is 29.1. The maximum Gasteiger partial charge on any atom is 0.329 e. The Labute approximate surface area is 445 Å². The molecule has 3 aliphatic heterocycles. The zero-order chi connectivity index (χ0) is 55.6. The van der Waals surface area contributed by atoms with Crippen molar-refractivity contribution in [2.45, 2.75) is 180 Å². The zero-order valence-electron chi connectivity index (χ0n) is 46.5. The molecule has 0 spiro atoms. The van der Waals surface area contributed by atoms with Crippen LogP contribution in [0.1, 0.15) is 126 Å². The van der Waals surface area contributed by atoms with Gasteiger partial charge >= 0.3 is 13.6 Å². The van der Waals surface area contributed by atoms with Crippen LogP contribution in [0.4, 0.5) is 0 Å². The van der Waals surface area contributed by atoms with Gasteiger partial charge in [0.15, 0.2) is 5.78 Å². The lowest BCUT2D eigenvalue weighted by atomic mass is 9.78. The molecule has 18 nitrogen and oxygen atoms in total. The molecule has 4 rings (SSSR count). The van der Waals surface area contributed by atoms with Gasteiger partial charge in [-0.15, -0.1) is 0 Å². The molecule has 2 bridgehead atoms. The molecule has 75 heavy (non-hydrogen) atoms. The van der Waals surface area contributed by atoms with E-state index in [1.54, 1.807) is 48.0 Å². The topological polar surface area (TPSA) is 240 Å². The Kier molecular flexibility index (Phi) is 26.4. The number of hydrogen-bond acceptors (Lipinski definition) is 17. The van der Waals surface area contributed by atoms with Crippen molar-refractivity contribution in [3.8, 4) is 0 Å². The fourth-order valence-corrected chi connectivity index (χ4v) is 12.1. The molecule has 0 aromatic carbocycles. The average Bonchev–Trinajstić information content (AvgIpc) is 3.37. The maximum absolute atomic E-state index is 14.6.